The van der Waals surface area contributed by atoms with E-state index in [4.69, 9.17) is 0 Å². The molecule has 0 spiro atoms. The number of hydrogen-bond acceptors (Lipinski definition) is 4. The highest BCUT2D eigenvalue weighted by atomic mass is 32.2. The fraction of sp³-hybridized carbons (Fsp3) is 0.300. The normalized spacial score (nSPS) is 24.2. The third-order valence-electron chi connectivity index (χ3n) is 4.94. The summed E-state index contributed by atoms with van der Waals surface area (Å²) in [6, 6.07) is 13.1. The minimum absolute atomic E-state index is 0.0506. The van der Waals surface area contributed by atoms with Crippen LogP contribution in [0.3, 0.4) is 0 Å². The number of sulfone groups is 1. The quantitative estimate of drug-likeness (QED) is 0.710. The third kappa shape index (κ3) is 4.39. The summed E-state index contributed by atoms with van der Waals surface area (Å²) in [7, 11) is -3.31. The highest BCUT2D eigenvalue weighted by Crippen LogP contribution is 2.42. The van der Waals surface area contributed by atoms with Crippen LogP contribution in [0.25, 0.3) is 0 Å². The van der Waals surface area contributed by atoms with E-state index in [2.05, 4.69) is 4.99 Å². The second-order valence-electron chi connectivity index (χ2n) is 7.17. The smallest absolute Gasteiger partial charge is 0.316 e. The Kier molecular flexibility index (Phi) is 5.39. The second kappa shape index (κ2) is 7.73. The van der Waals surface area contributed by atoms with Crippen LogP contribution in [0.15, 0.2) is 59.6 Å². The average molecular weight is 454 g/mol. The van der Waals surface area contributed by atoms with Gasteiger partial charge in [-0.1, -0.05) is 48.2 Å². The molecular weight excluding hydrogens is 437 g/mol. The first-order valence-electron chi connectivity index (χ1n) is 9.11. The first kappa shape index (κ1) is 20.9. The van der Waals surface area contributed by atoms with Crippen LogP contribution in [0.2, 0.25) is 0 Å². The van der Waals surface area contributed by atoms with Crippen LogP contribution in [0.1, 0.15) is 11.1 Å². The van der Waals surface area contributed by atoms with Gasteiger partial charge in [0.1, 0.15) is 0 Å². The van der Waals surface area contributed by atoms with Gasteiger partial charge < -0.3 is 4.90 Å². The fourth-order valence-electron chi connectivity index (χ4n) is 3.62. The molecule has 0 unspecified atom stereocenters. The van der Waals surface area contributed by atoms with Crippen molar-refractivity contribution in [3.63, 3.8) is 0 Å². The molecule has 0 aliphatic carbocycles. The van der Waals surface area contributed by atoms with Crippen LogP contribution >= 0.6 is 11.8 Å². The maximum absolute atomic E-state index is 13.2. The number of carbonyl (C=O) groups is 1. The highest BCUT2D eigenvalue weighted by Gasteiger charge is 2.49. The summed E-state index contributed by atoms with van der Waals surface area (Å²) >= 11 is 1.13. The van der Waals surface area contributed by atoms with Gasteiger partial charge in [0.25, 0.3) is 5.91 Å². The third-order valence-corrected chi connectivity index (χ3v) is 8.15. The van der Waals surface area contributed by atoms with Gasteiger partial charge in [0, 0.05) is 10.9 Å². The number of amidine groups is 1. The van der Waals surface area contributed by atoms with Gasteiger partial charge in [-0.2, -0.15) is 18.2 Å². The lowest BCUT2D eigenvalue weighted by molar-refractivity contribution is -0.137. The van der Waals surface area contributed by atoms with Gasteiger partial charge in [-0.3, -0.25) is 4.79 Å². The average Bonchev–Trinajstić information content (AvgIpc) is 3.12. The zero-order valence-corrected chi connectivity index (χ0v) is 17.2. The molecule has 5 nitrogen and oxygen atoms in total. The number of hydrogen-bond donors (Lipinski definition) is 0. The Hall–Kier alpha value is -2.33. The Morgan fingerprint density at radius 1 is 1.10 bits per heavy atom. The molecule has 10 heteroatoms. The number of halogens is 3. The van der Waals surface area contributed by atoms with Crippen LogP contribution in [0.5, 0.6) is 0 Å². The molecule has 158 valence electrons. The molecule has 1 amide bonds. The van der Waals surface area contributed by atoms with Gasteiger partial charge in [-0.15, -0.1) is 0 Å². The van der Waals surface area contributed by atoms with E-state index in [1.54, 1.807) is 24.3 Å². The van der Waals surface area contributed by atoms with Crippen molar-refractivity contribution in [1.29, 1.82) is 0 Å². The minimum Gasteiger partial charge on any atom is -0.316 e. The standard InChI is InChI=1S/C20H17F3N2O3S2/c21-20(22,23)14-7-4-8-15(10-14)25-16-11-30(27,28)12-17(16)29-19(25)24-18(26)9-13-5-2-1-3-6-13/h1-8,10,16-17H,9,11-12H2/t16-,17-/m0/s1. The SMILES string of the molecule is O=C(Cc1ccccc1)N=C1S[C@H]2CS(=O)(=O)C[C@@H]2N1c1cccc(C(F)(F)F)c1. The summed E-state index contributed by atoms with van der Waals surface area (Å²) in [5.74, 6) is -0.722. The monoisotopic (exact) mass is 454 g/mol. The van der Waals surface area contributed by atoms with E-state index in [1.165, 1.54) is 17.0 Å². The van der Waals surface area contributed by atoms with Gasteiger partial charge in [-0.05, 0) is 23.8 Å². The Bertz CT molecular complexity index is 1100. The van der Waals surface area contributed by atoms with Crippen LogP contribution in [-0.2, 0) is 27.2 Å². The Labute approximate surface area is 175 Å². The number of fused-ring (bicyclic) bond motifs is 1. The van der Waals surface area contributed by atoms with Gasteiger partial charge in [0.15, 0.2) is 15.0 Å². The van der Waals surface area contributed by atoms with Gasteiger partial charge in [0.05, 0.1) is 29.5 Å². The molecule has 2 aromatic carbocycles. The second-order valence-corrected chi connectivity index (χ2v) is 10.5. The lowest BCUT2D eigenvalue weighted by Gasteiger charge is -2.25. The van der Waals surface area contributed by atoms with Crippen molar-refractivity contribution >= 4 is 38.4 Å². The molecule has 4 rings (SSSR count). The van der Waals surface area contributed by atoms with E-state index < -0.39 is 33.5 Å². The van der Waals surface area contributed by atoms with Crippen molar-refractivity contribution in [2.75, 3.05) is 16.4 Å². The summed E-state index contributed by atoms with van der Waals surface area (Å²) in [4.78, 5) is 18.1. The van der Waals surface area contributed by atoms with Crippen LogP contribution < -0.4 is 4.90 Å². The van der Waals surface area contributed by atoms with E-state index in [0.29, 0.717) is 0 Å². The van der Waals surface area contributed by atoms with Crippen molar-refractivity contribution in [2.45, 2.75) is 23.9 Å². The van der Waals surface area contributed by atoms with Crippen molar-refractivity contribution in [3.8, 4) is 0 Å². The van der Waals surface area contributed by atoms with E-state index in [0.717, 1.165) is 29.5 Å². The Balaban J connectivity index is 1.69. The molecule has 2 atom stereocenters. The molecule has 2 saturated heterocycles. The summed E-state index contributed by atoms with van der Waals surface area (Å²) in [5.41, 5.74) is 0.0979. The number of amides is 1. The summed E-state index contributed by atoms with van der Waals surface area (Å²) in [6.45, 7) is 0. The number of alkyl halides is 3. The molecule has 2 heterocycles. The van der Waals surface area contributed by atoms with Crippen LogP contribution in [0, 0.1) is 0 Å². The number of carbonyl (C=O) groups excluding carboxylic acids is 1. The van der Waals surface area contributed by atoms with Gasteiger partial charge in [-0.25, -0.2) is 8.42 Å². The Morgan fingerprint density at radius 3 is 2.53 bits per heavy atom. The minimum atomic E-state index is -4.54. The predicted molar refractivity (Wildman–Crippen MR) is 110 cm³/mol. The summed E-state index contributed by atoms with van der Waals surface area (Å²) < 4.78 is 63.8. The molecule has 0 aromatic heterocycles. The van der Waals surface area contributed by atoms with E-state index >= 15 is 0 Å². The number of rotatable bonds is 3. The van der Waals surface area contributed by atoms with Crippen molar-refractivity contribution in [2.24, 2.45) is 4.99 Å². The molecular formula is C20H17F3N2O3S2. The zero-order valence-electron chi connectivity index (χ0n) is 15.5. The van der Waals surface area contributed by atoms with E-state index in [9.17, 15) is 26.4 Å². The van der Waals surface area contributed by atoms with Crippen LogP contribution in [-0.4, -0.2) is 42.3 Å². The van der Waals surface area contributed by atoms with Gasteiger partial charge in [0.2, 0.25) is 0 Å². The molecule has 2 aliphatic rings. The molecule has 2 fully saturated rings. The maximum Gasteiger partial charge on any atom is 0.416 e. The molecule has 30 heavy (non-hydrogen) atoms. The zero-order chi connectivity index (χ0) is 21.5. The first-order chi connectivity index (χ1) is 14.1. The maximum atomic E-state index is 13.2. The number of nitrogens with zero attached hydrogens (tertiary/aromatic N) is 2. The summed E-state index contributed by atoms with van der Waals surface area (Å²) in [6.07, 6.45) is -4.49. The lowest BCUT2D eigenvalue weighted by Crippen LogP contribution is -2.38. The first-order valence-corrected chi connectivity index (χ1v) is 11.8. The van der Waals surface area contributed by atoms with Crippen molar-refractivity contribution in [1.82, 2.24) is 0 Å². The fourth-order valence-corrected chi connectivity index (χ4v) is 7.55. The molecule has 0 bridgehead atoms. The molecule has 0 N–H and O–H groups in total. The highest BCUT2D eigenvalue weighted by molar-refractivity contribution is 8.16. The molecule has 2 aromatic rings. The van der Waals surface area contributed by atoms with Crippen molar-refractivity contribution < 1.29 is 26.4 Å². The topological polar surface area (TPSA) is 66.8 Å². The van der Waals surface area contributed by atoms with Crippen molar-refractivity contribution in [3.05, 3.63) is 65.7 Å². The molecule has 2 aliphatic heterocycles. The van der Waals surface area contributed by atoms with Gasteiger partial charge >= 0.3 is 6.18 Å². The number of benzene rings is 2. The molecule has 0 saturated carbocycles. The lowest BCUT2D eigenvalue weighted by atomic mass is 10.1. The van der Waals surface area contributed by atoms with E-state index in [-0.39, 0.29) is 34.0 Å². The largest absolute Gasteiger partial charge is 0.416 e. The summed E-state index contributed by atoms with van der Waals surface area (Å²) in [5, 5.41) is -0.145. The van der Waals surface area contributed by atoms with E-state index in [1.807, 2.05) is 6.07 Å². The number of thioether (sulfide) groups is 1. The predicted octanol–water partition coefficient (Wildman–Crippen LogP) is 3.55. The number of anilines is 1. The van der Waals surface area contributed by atoms with Crippen LogP contribution in [0.4, 0.5) is 18.9 Å². The number of aliphatic imine (C=N–C) groups is 1. The Morgan fingerprint density at radius 2 is 1.83 bits per heavy atom. The molecule has 0 radical (unpaired) electrons.